The molecule has 1 aliphatic heterocycles. The van der Waals surface area contributed by atoms with Gasteiger partial charge in [0.25, 0.3) is 5.91 Å². The highest BCUT2D eigenvalue weighted by Crippen LogP contribution is 2.12. The topological polar surface area (TPSA) is 56.1 Å². The van der Waals surface area contributed by atoms with Crippen molar-refractivity contribution in [2.24, 2.45) is 0 Å². The normalized spacial score (nSPS) is 17.6. The molecule has 0 atom stereocenters. The summed E-state index contributed by atoms with van der Waals surface area (Å²) in [5, 5.41) is 15.4. The second kappa shape index (κ2) is 5.80. The summed E-state index contributed by atoms with van der Waals surface area (Å²) < 4.78 is 0. The lowest BCUT2D eigenvalue weighted by Crippen LogP contribution is -2.44. The molecule has 2 heterocycles. The van der Waals surface area contributed by atoms with E-state index >= 15 is 0 Å². The number of likely N-dealkylation sites (tertiary alicyclic amines) is 1. The van der Waals surface area contributed by atoms with Gasteiger partial charge < -0.3 is 5.32 Å². The minimum atomic E-state index is 0.0185. The van der Waals surface area contributed by atoms with Crippen molar-refractivity contribution in [1.29, 1.82) is 5.26 Å². The monoisotopic (exact) mass is 249 g/mol. The fourth-order valence-electron chi connectivity index (χ4n) is 2.00. The predicted octanol–water partition coefficient (Wildman–Crippen LogP) is 1.47. The summed E-state index contributed by atoms with van der Waals surface area (Å²) in [6, 6.07) is 4.24. The molecule has 90 valence electrons. The van der Waals surface area contributed by atoms with E-state index in [1.165, 1.54) is 11.3 Å². The van der Waals surface area contributed by atoms with Crippen LogP contribution in [0, 0.1) is 11.3 Å². The van der Waals surface area contributed by atoms with Crippen molar-refractivity contribution in [1.82, 2.24) is 10.2 Å². The molecule has 4 nitrogen and oxygen atoms in total. The Morgan fingerprint density at radius 2 is 2.35 bits per heavy atom. The third-order valence-electron chi connectivity index (χ3n) is 3.00. The first-order valence-electron chi connectivity index (χ1n) is 5.72. The van der Waals surface area contributed by atoms with Crippen LogP contribution in [0.25, 0.3) is 0 Å². The van der Waals surface area contributed by atoms with Gasteiger partial charge >= 0.3 is 0 Å². The largest absolute Gasteiger partial charge is 0.349 e. The molecule has 1 amide bonds. The quantitative estimate of drug-likeness (QED) is 0.825. The maximum atomic E-state index is 11.8. The predicted molar refractivity (Wildman–Crippen MR) is 66.9 cm³/mol. The van der Waals surface area contributed by atoms with Crippen molar-refractivity contribution < 1.29 is 4.79 Å². The van der Waals surface area contributed by atoms with Gasteiger partial charge in [-0.05, 0) is 24.3 Å². The number of piperidine rings is 1. The Labute approximate surface area is 105 Å². The number of thiophene rings is 1. The van der Waals surface area contributed by atoms with Gasteiger partial charge in [0.2, 0.25) is 0 Å². The van der Waals surface area contributed by atoms with E-state index in [1.807, 2.05) is 16.8 Å². The van der Waals surface area contributed by atoms with E-state index in [1.54, 1.807) is 0 Å². The van der Waals surface area contributed by atoms with Crippen molar-refractivity contribution >= 4 is 17.2 Å². The van der Waals surface area contributed by atoms with E-state index in [0.29, 0.717) is 6.54 Å². The van der Waals surface area contributed by atoms with E-state index in [4.69, 9.17) is 5.26 Å². The molecular formula is C12H15N3OS. The fourth-order valence-corrected chi connectivity index (χ4v) is 2.63. The van der Waals surface area contributed by atoms with Gasteiger partial charge in [0.05, 0.1) is 12.6 Å². The number of carbonyl (C=O) groups is 1. The second-order valence-electron chi connectivity index (χ2n) is 4.19. The average molecular weight is 249 g/mol. The molecular weight excluding hydrogens is 234 g/mol. The van der Waals surface area contributed by atoms with Gasteiger partial charge in [-0.1, -0.05) is 0 Å². The van der Waals surface area contributed by atoms with E-state index in [0.717, 1.165) is 31.5 Å². The van der Waals surface area contributed by atoms with Crippen molar-refractivity contribution in [2.75, 3.05) is 19.6 Å². The molecule has 0 spiro atoms. The number of hydrogen-bond acceptors (Lipinski definition) is 4. The summed E-state index contributed by atoms with van der Waals surface area (Å²) in [5.41, 5.74) is 0.745. The zero-order valence-electron chi connectivity index (χ0n) is 9.56. The average Bonchev–Trinajstić information content (AvgIpc) is 2.86. The van der Waals surface area contributed by atoms with Crippen molar-refractivity contribution in [2.45, 2.75) is 18.9 Å². The summed E-state index contributed by atoms with van der Waals surface area (Å²) in [4.78, 5) is 13.9. The highest BCUT2D eigenvalue weighted by Gasteiger charge is 2.20. The van der Waals surface area contributed by atoms with Crippen LogP contribution < -0.4 is 5.32 Å². The first-order chi connectivity index (χ1) is 8.29. The maximum Gasteiger partial charge on any atom is 0.252 e. The van der Waals surface area contributed by atoms with Gasteiger partial charge in [-0.3, -0.25) is 9.69 Å². The third-order valence-corrected chi connectivity index (χ3v) is 3.68. The van der Waals surface area contributed by atoms with Gasteiger partial charge in [0, 0.05) is 30.1 Å². The highest BCUT2D eigenvalue weighted by molar-refractivity contribution is 7.08. The van der Waals surface area contributed by atoms with Crippen LogP contribution in [0.5, 0.6) is 0 Å². The summed E-state index contributed by atoms with van der Waals surface area (Å²) in [6.45, 7) is 2.27. The lowest BCUT2D eigenvalue weighted by atomic mass is 10.0. The van der Waals surface area contributed by atoms with Crippen LogP contribution in [0.2, 0.25) is 0 Å². The van der Waals surface area contributed by atoms with Gasteiger partial charge in [-0.15, -0.1) is 0 Å². The molecule has 1 saturated heterocycles. The number of nitrogens with zero attached hydrogens (tertiary/aromatic N) is 2. The number of carbonyl (C=O) groups excluding carboxylic acids is 1. The van der Waals surface area contributed by atoms with Crippen LogP contribution in [-0.4, -0.2) is 36.5 Å². The smallest absolute Gasteiger partial charge is 0.252 e. The van der Waals surface area contributed by atoms with Gasteiger partial charge in [0.1, 0.15) is 0 Å². The van der Waals surface area contributed by atoms with Gasteiger partial charge in [-0.2, -0.15) is 16.6 Å². The molecule has 5 heteroatoms. The lowest BCUT2D eigenvalue weighted by molar-refractivity contribution is 0.0915. The molecule has 0 radical (unpaired) electrons. The van der Waals surface area contributed by atoms with Crippen LogP contribution in [0.1, 0.15) is 23.2 Å². The molecule has 1 aromatic heterocycles. The number of nitriles is 1. The Kier molecular flexibility index (Phi) is 4.13. The molecule has 2 rings (SSSR count). The van der Waals surface area contributed by atoms with E-state index in [2.05, 4.69) is 16.3 Å². The molecule has 0 aromatic carbocycles. The maximum absolute atomic E-state index is 11.8. The SMILES string of the molecule is N#CCN1CCC(NC(=O)c2ccsc2)CC1. The zero-order valence-corrected chi connectivity index (χ0v) is 10.4. The molecule has 0 saturated carbocycles. The fraction of sp³-hybridized carbons (Fsp3) is 0.500. The molecule has 0 unspecified atom stereocenters. The van der Waals surface area contributed by atoms with Crippen LogP contribution >= 0.6 is 11.3 Å². The first-order valence-corrected chi connectivity index (χ1v) is 6.66. The van der Waals surface area contributed by atoms with Crippen molar-refractivity contribution in [3.8, 4) is 6.07 Å². The van der Waals surface area contributed by atoms with Crippen LogP contribution in [0.15, 0.2) is 16.8 Å². The minimum absolute atomic E-state index is 0.0185. The Morgan fingerprint density at radius 1 is 1.59 bits per heavy atom. The van der Waals surface area contributed by atoms with Crippen LogP contribution in [-0.2, 0) is 0 Å². The third kappa shape index (κ3) is 3.29. The molecule has 1 fully saturated rings. The number of hydrogen-bond donors (Lipinski definition) is 1. The number of nitrogens with one attached hydrogen (secondary N) is 1. The van der Waals surface area contributed by atoms with Crippen LogP contribution in [0.4, 0.5) is 0 Å². The van der Waals surface area contributed by atoms with E-state index in [-0.39, 0.29) is 11.9 Å². The molecule has 1 aromatic rings. The Bertz CT molecular complexity index is 402. The Morgan fingerprint density at radius 3 is 2.94 bits per heavy atom. The summed E-state index contributed by atoms with van der Waals surface area (Å²) >= 11 is 1.53. The van der Waals surface area contributed by atoms with Crippen LogP contribution in [0.3, 0.4) is 0 Å². The summed E-state index contributed by atoms with van der Waals surface area (Å²) in [7, 11) is 0. The Balaban J connectivity index is 1.79. The number of rotatable bonds is 3. The van der Waals surface area contributed by atoms with Crippen molar-refractivity contribution in [3.63, 3.8) is 0 Å². The standard InChI is InChI=1S/C12H15N3OS/c13-4-7-15-5-1-11(2-6-15)14-12(16)10-3-8-17-9-10/h3,8-9,11H,1-2,5-7H2,(H,14,16). The Hall–Kier alpha value is -1.38. The zero-order chi connectivity index (χ0) is 12.1. The number of amides is 1. The first kappa shape index (κ1) is 12.1. The molecule has 0 bridgehead atoms. The molecule has 17 heavy (non-hydrogen) atoms. The minimum Gasteiger partial charge on any atom is -0.349 e. The van der Waals surface area contributed by atoms with Gasteiger partial charge in [-0.25, -0.2) is 0 Å². The summed E-state index contributed by atoms with van der Waals surface area (Å²) in [6.07, 6.45) is 1.86. The highest BCUT2D eigenvalue weighted by atomic mass is 32.1. The summed E-state index contributed by atoms with van der Waals surface area (Å²) in [5.74, 6) is 0.0185. The second-order valence-corrected chi connectivity index (χ2v) is 4.97. The lowest BCUT2D eigenvalue weighted by Gasteiger charge is -2.30. The van der Waals surface area contributed by atoms with Crippen molar-refractivity contribution in [3.05, 3.63) is 22.4 Å². The van der Waals surface area contributed by atoms with E-state index < -0.39 is 0 Å². The van der Waals surface area contributed by atoms with Gasteiger partial charge in [0.15, 0.2) is 0 Å². The molecule has 0 aliphatic carbocycles. The van der Waals surface area contributed by atoms with E-state index in [9.17, 15) is 4.79 Å². The molecule has 1 aliphatic rings. The molecule has 1 N–H and O–H groups in total.